The molecule has 1 N–H and O–H groups in total. The number of rotatable bonds is 3. The van der Waals surface area contributed by atoms with Crippen LogP contribution in [0, 0.1) is 10.1 Å². The SMILES string of the molecule is CC(C)(O)C1CN(c2ccc([N+](=O)[O-])nc2)CCO1. The molecule has 0 aromatic carbocycles. The van der Waals surface area contributed by atoms with Gasteiger partial charge in [-0.15, -0.1) is 0 Å². The van der Waals surface area contributed by atoms with E-state index in [-0.39, 0.29) is 11.9 Å². The summed E-state index contributed by atoms with van der Waals surface area (Å²) in [4.78, 5) is 15.8. The van der Waals surface area contributed by atoms with Gasteiger partial charge in [-0.05, 0) is 29.8 Å². The molecule has 0 saturated carbocycles. The van der Waals surface area contributed by atoms with Gasteiger partial charge >= 0.3 is 5.82 Å². The third-order valence-corrected chi connectivity index (χ3v) is 3.14. The van der Waals surface area contributed by atoms with E-state index in [2.05, 4.69) is 4.98 Å². The lowest BCUT2D eigenvalue weighted by molar-refractivity contribution is -0.389. The maximum absolute atomic E-state index is 10.5. The summed E-state index contributed by atoms with van der Waals surface area (Å²) in [6, 6.07) is 3.04. The fourth-order valence-corrected chi connectivity index (χ4v) is 1.98. The Morgan fingerprint density at radius 2 is 2.32 bits per heavy atom. The van der Waals surface area contributed by atoms with Crippen LogP contribution >= 0.6 is 0 Å². The van der Waals surface area contributed by atoms with Crippen LogP contribution in [0.2, 0.25) is 0 Å². The number of hydrogen-bond donors (Lipinski definition) is 1. The van der Waals surface area contributed by atoms with Crippen molar-refractivity contribution in [2.45, 2.75) is 25.6 Å². The minimum atomic E-state index is -0.924. The molecule has 0 radical (unpaired) electrons. The summed E-state index contributed by atoms with van der Waals surface area (Å²) in [5.41, 5.74) is -0.129. The second-order valence-electron chi connectivity index (χ2n) is 5.09. The molecule has 1 saturated heterocycles. The minimum absolute atomic E-state index is 0.170. The molecule has 0 bridgehead atoms. The van der Waals surface area contributed by atoms with E-state index in [1.54, 1.807) is 19.9 Å². The van der Waals surface area contributed by atoms with Gasteiger partial charge in [0.05, 0.1) is 17.9 Å². The van der Waals surface area contributed by atoms with Crippen LogP contribution in [0.15, 0.2) is 18.3 Å². The standard InChI is InChI=1S/C12H17N3O4/c1-12(2,16)10-8-14(5-6-19-10)9-3-4-11(13-7-9)15(17)18/h3-4,7,10,16H,5-6,8H2,1-2H3. The summed E-state index contributed by atoms with van der Waals surface area (Å²) in [6.45, 7) is 5.12. The van der Waals surface area contributed by atoms with Gasteiger partial charge < -0.3 is 24.9 Å². The van der Waals surface area contributed by atoms with Crippen LogP contribution in [0.1, 0.15) is 13.8 Å². The molecule has 0 aliphatic carbocycles. The Hall–Kier alpha value is -1.73. The van der Waals surface area contributed by atoms with Crippen LogP contribution in [-0.4, -0.2) is 46.4 Å². The molecule has 1 aliphatic heterocycles. The van der Waals surface area contributed by atoms with Crippen LogP contribution < -0.4 is 4.90 Å². The summed E-state index contributed by atoms with van der Waals surface area (Å²) in [5.74, 6) is -0.170. The van der Waals surface area contributed by atoms with E-state index in [4.69, 9.17) is 4.74 Å². The average molecular weight is 267 g/mol. The number of ether oxygens (including phenoxy) is 1. The number of pyridine rings is 1. The van der Waals surface area contributed by atoms with E-state index in [1.165, 1.54) is 12.3 Å². The second-order valence-corrected chi connectivity index (χ2v) is 5.09. The molecule has 2 rings (SSSR count). The quantitative estimate of drug-likeness (QED) is 0.648. The Balaban J connectivity index is 2.11. The predicted molar refractivity (Wildman–Crippen MR) is 69.1 cm³/mol. The van der Waals surface area contributed by atoms with Crippen molar-refractivity contribution in [1.82, 2.24) is 4.98 Å². The molecule has 1 atom stereocenters. The van der Waals surface area contributed by atoms with Crippen LogP contribution in [0.4, 0.5) is 11.5 Å². The number of aliphatic hydroxyl groups is 1. The normalized spacial score (nSPS) is 20.4. The first-order chi connectivity index (χ1) is 8.88. The van der Waals surface area contributed by atoms with Crippen molar-refractivity contribution >= 4 is 11.5 Å². The second kappa shape index (κ2) is 5.10. The van der Waals surface area contributed by atoms with Gasteiger partial charge in [0.25, 0.3) is 0 Å². The van der Waals surface area contributed by atoms with Crippen LogP contribution in [0.25, 0.3) is 0 Å². The molecule has 1 unspecified atom stereocenters. The van der Waals surface area contributed by atoms with Crippen molar-refractivity contribution in [3.8, 4) is 0 Å². The highest BCUT2D eigenvalue weighted by Gasteiger charge is 2.32. The Kier molecular flexibility index (Phi) is 3.68. The first kappa shape index (κ1) is 13.7. The summed E-state index contributed by atoms with van der Waals surface area (Å²) in [6.07, 6.45) is 1.18. The highest BCUT2D eigenvalue weighted by molar-refractivity contribution is 5.47. The monoisotopic (exact) mass is 267 g/mol. The molecule has 1 fully saturated rings. The Bertz CT molecular complexity index is 455. The molecule has 1 aromatic heterocycles. The first-order valence-corrected chi connectivity index (χ1v) is 6.07. The minimum Gasteiger partial charge on any atom is -0.388 e. The largest absolute Gasteiger partial charge is 0.388 e. The molecule has 0 amide bonds. The van der Waals surface area contributed by atoms with Crippen LogP contribution in [0.3, 0.4) is 0 Å². The van der Waals surface area contributed by atoms with Crippen molar-refractivity contribution in [2.24, 2.45) is 0 Å². The van der Waals surface area contributed by atoms with E-state index in [0.717, 1.165) is 5.69 Å². The Labute approximate surface area is 111 Å². The first-order valence-electron chi connectivity index (χ1n) is 6.07. The molecule has 7 heteroatoms. The number of aromatic nitrogens is 1. The number of nitro groups is 1. The van der Waals surface area contributed by atoms with Crippen molar-refractivity contribution in [1.29, 1.82) is 0 Å². The van der Waals surface area contributed by atoms with Crippen molar-refractivity contribution in [3.05, 3.63) is 28.4 Å². The summed E-state index contributed by atoms with van der Waals surface area (Å²) >= 11 is 0. The molecule has 1 aliphatic rings. The van der Waals surface area contributed by atoms with E-state index in [1.807, 2.05) is 4.90 Å². The van der Waals surface area contributed by atoms with Gasteiger partial charge in [-0.2, -0.15) is 0 Å². The molecule has 0 spiro atoms. The van der Waals surface area contributed by atoms with Crippen LogP contribution in [0.5, 0.6) is 0 Å². The molecular formula is C12H17N3O4. The third-order valence-electron chi connectivity index (χ3n) is 3.14. The predicted octanol–water partition coefficient (Wildman–Crippen LogP) is 0.966. The van der Waals surface area contributed by atoms with Gasteiger partial charge in [0, 0.05) is 19.2 Å². The average Bonchev–Trinajstić information content (AvgIpc) is 2.38. The zero-order valence-electron chi connectivity index (χ0n) is 10.9. The topological polar surface area (TPSA) is 88.7 Å². The fourth-order valence-electron chi connectivity index (χ4n) is 1.98. The molecule has 7 nitrogen and oxygen atoms in total. The molecular weight excluding hydrogens is 250 g/mol. The lowest BCUT2D eigenvalue weighted by Crippen LogP contribution is -2.52. The smallest absolute Gasteiger partial charge is 0.363 e. The van der Waals surface area contributed by atoms with E-state index < -0.39 is 10.5 Å². The van der Waals surface area contributed by atoms with Gasteiger partial charge in [-0.25, -0.2) is 0 Å². The summed E-state index contributed by atoms with van der Waals surface area (Å²) in [7, 11) is 0. The molecule has 104 valence electrons. The van der Waals surface area contributed by atoms with Crippen molar-refractivity contribution in [2.75, 3.05) is 24.6 Å². The van der Waals surface area contributed by atoms with Gasteiger partial charge in [0.15, 0.2) is 6.20 Å². The van der Waals surface area contributed by atoms with E-state index in [0.29, 0.717) is 19.7 Å². The summed E-state index contributed by atoms with van der Waals surface area (Å²) < 4.78 is 5.54. The number of anilines is 1. The Morgan fingerprint density at radius 3 is 2.84 bits per heavy atom. The molecule has 19 heavy (non-hydrogen) atoms. The molecule has 1 aromatic rings. The number of morpholine rings is 1. The van der Waals surface area contributed by atoms with Gasteiger partial charge in [0.1, 0.15) is 6.10 Å². The highest BCUT2D eigenvalue weighted by Crippen LogP contribution is 2.23. The van der Waals surface area contributed by atoms with Crippen molar-refractivity contribution < 1.29 is 14.8 Å². The van der Waals surface area contributed by atoms with Gasteiger partial charge in [0.2, 0.25) is 0 Å². The zero-order valence-corrected chi connectivity index (χ0v) is 10.9. The lowest BCUT2D eigenvalue weighted by Gasteiger charge is -2.39. The lowest BCUT2D eigenvalue weighted by atomic mass is 10.00. The number of nitrogens with zero attached hydrogens (tertiary/aromatic N) is 3. The van der Waals surface area contributed by atoms with Gasteiger partial charge in [-0.1, -0.05) is 0 Å². The summed E-state index contributed by atoms with van der Waals surface area (Å²) in [5, 5.41) is 20.5. The van der Waals surface area contributed by atoms with E-state index >= 15 is 0 Å². The molecule has 2 heterocycles. The van der Waals surface area contributed by atoms with E-state index in [9.17, 15) is 15.2 Å². The number of hydrogen-bond acceptors (Lipinski definition) is 6. The third kappa shape index (κ3) is 3.18. The Morgan fingerprint density at radius 1 is 1.58 bits per heavy atom. The maximum Gasteiger partial charge on any atom is 0.363 e. The van der Waals surface area contributed by atoms with Crippen molar-refractivity contribution in [3.63, 3.8) is 0 Å². The maximum atomic E-state index is 10.5. The zero-order chi connectivity index (χ0) is 14.0. The highest BCUT2D eigenvalue weighted by atomic mass is 16.6. The fraction of sp³-hybridized carbons (Fsp3) is 0.583. The van der Waals surface area contributed by atoms with Gasteiger partial charge in [-0.3, -0.25) is 0 Å². The van der Waals surface area contributed by atoms with Crippen LogP contribution in [-0.2, 0) is 4.74 Å².